The van der Waals surface area contributed by atoms with E-state index in [4.69, 9.17) is 5.14 Å². The lowest BCUT2D eigenvalue weighted by molar-refractivity contribution is 0.598. The first-order valence-electron chi connectivity index (χ1n) is 4.85. The summed E-state index contributed by atoms with van der Waals surface area (Å²) in [6.07, 6.45) is 0. The number of primary sulfonamides is 1. The van der Waals surface area contributed by atoms with Gasteiger partial charge in [-0.15, -0.1) is 0 Å². The lowest BCUT2D eigenvalue weighted by Crippen LogP contribution is -2.11. The van der Waals surface area contributed by atoms with E-state index in [-0.39, 0.29) is 10.7 Å². The summed E-state index contributed by atoms with van der Waals surface area (Å²) in [5, 5.41) is 4.99. The van der Waals surface area contributed by atoms with Gasteiger partial charge in [-0.3, -0.25) is 0 Å². The second-order valence-electron chi connectivity index (χ2n) is 3.58. The van der Waals surface area contributed by atoms with E-state index in [1.165, 1.54) is 24.3 Å². The zero-order chi connectivity index (χ0) is 12.5. The Bertz CT molecular complexity index is 619. The molecule has 0 atom stereocenters. The number of nitrogens with two attached hydrogens (primary N) is 1. The Labute approximate surface area is 98.8 Å². The van der Waals surface area contributed by atoms with Crippen molar-refractivity contribution in [2.75, 3.05) is 0 Å². The number of rotatable bonds is 2. The third kappa shape index (κ3) is 2.69. The fourth-order valence-electron chi connectivity index (χ4n) is 1.48. The molecule has 0 saturated heterocycles. The largest absolute Gasteiger partial charge is 0.238 e. The van der Waals surface area contributed by atoms with Crippen LogP contribution in [0.15, 0.2) is 53.4 Å². The van der Waals surface area contributed by atoms with Gasteiger partial charge in [0, 0.05) is 0 Å². The molecule has 0 amide bonds. The van der Waals surface area contributed by atoms with E-state index in [2.05, 4.69) is 0 Å². The maximum Gasteiger partial charge on any atom is 0.238 e. The highest BCUT2D eigenvalue weighted by atomic mass is 32.2. The van der Waals surface area contributed by atoms with Crippen molar-refractivity contribution in [2.24, 2.45) is 5.14 Å². The normalized spacial score (nSPS) is 11.4. The topological polar surface area (TPSA) is 60.2 Å². The van der Waals surface area contributed by atoms with E-state index >= 15 is 0 Å². The molecule has 5 heteroatoms. The van der Waals surface area contributed by atoms with Crippen LogP contribution in [-0.4, -0.2) is 8.42 Å². The molecule has 17 heavy (non-hydrogen) atoms. The molecule has 0 bridgehead atoms. The van der Waals surface area contributed by atoms with Gasteiger partial charge in [-0.25, -0.2) is 17.9 Å². The number of hydrogen-bond donors (Lipinski definition) is 1. The van der Waals surface area contributed by atoms with Crippen molar-refractivity contribution in [3.63, 3.8) is 0 Å². The first kappa shape index (κ1) is 11.8. The van der Waals surface area contributed by atoms with Crippen LogP contribution in [0.5, 0.6) is 0 Å². The summed E-state index contributed by atoms with van der Waals surface area (Å²) >= 11 is 0. The van der Waals surface area contributed by atoms with Crippen LogP contribution < -0.4 is 5.14 Å². The van der Waals surface area contributed by atoms with Gasteiger partial charge in [0.2, 0.25) is 10.0 Å². The summed E-state index contributed by atoms with van der Waals surface area (Å²) in [7, 11) is -3.67. The molecule has 2 N–H and O–H groups in total. The molecule has 0 fully saturated rings. The van der Waals surface area contributed by atoms with Gasteiger partial charge in [0.1, 0.15) is 5.82 Å². The smallest absolute Gasteiger partial charge is 0.225 e. The number of hydrogen-bond acceptors (Lipinski definition) is 2. The van der Waals surface area contributed by atoms with Crippen molar-refractivity contribution in [3.05, 3.63) is 54.3 Å². The molecule has 0 heterocycles. The first-order chi connectivity index (χ1) is 7.97. The van der Waals surface area contributed by atoms with Crippen LogP contribution in [-0.2, 0) is 10.0 Å². The predicted molar refractivity (Wildman–Crippen MR) is 63.2 cm³/mol. The molecule has 0 aromatic heterocycles. The standard InChI is InChI=1S/C12H10FNO2S/c13-11-5-1-9(2-6-11)10-3-7-12(8-4-10)17(14,15)16/h1-8H,(H2,14,15,16). The summed E-state index contributed by atoms with van der Waals surface area (Å²) < 4.78 is 34.8. The third-order valence-electron chi connectivity index (χ3n) is 2.36. The van der Waals surface area contributed by atoms with E-state index in [1.807, 2.05) is 0 Å². The minimum absolute atomic E-state index is 0.0587. The van der Waals surface area contributed by atoms with Crippen molar-refractivity contribution in [3.8, 4) is 11.1 Å². The Balaban J connectivity index is 2.39. The Morgan fingerprint density at radius 1 is 0.824 bits per heavy atom. The molecule has 2 aromatic rings. The highest BCUT2D eigenvalue weighted by molar-refractivity contribution is 7.89. The van der Waals surface area contributed by atoms with Crippen molar-refractivity contribution >= 4 is 10.0 Å². The first-order valence-corrected chi connectivity index (χ1v) is 6.40. The van der Waals surface area contributed by atoms with Crippen LogP contribution in [0.4, 0.5) is 4.39 Å². The van der Waals surface area contributed by atoms with Gasteiger partial charge >= 0.3 is 0 Å². The minimum Gasteiger partial charge on any atom is -0.225 e. The summed E-state index contributed by atoms with van der Waals surface area (Å²) in [4.78, 5) is 0.0587. The quantitative estimate of drug-likeness (QED) is 0.888. The molecule has 3 nitrogen and oxygen atoms in total. The summed E-state index contributed by atoms with van der Waals surface area (Å²) in [6.45, 7) is 0. The second-order valence-corrected chi connectivity index (χ2v) is 5.14. The Morgan fingerprint density at radius 3 is 1.65 bits per heavy atom. The average molecular weight is 251 g/mol. The van der Waals surface area contributed by atoms with Crippen LogP contribution in [0.3, 0.4) is 0 Å². The Hall–Kier alpha value is -1.72. The molecule has 0 saturated carbocycles. The van der Waals surface area contributed by atoms with Crippen molar-refractivity contribution in [1.29, 1.82) is 0 Å². The number of sulfonamides is 1. The Morgan fingerprint density at radius 2 is 1.24 bits per heavy atom. The zero-order valence-electron chi connectivity index (χ0n) is 8.80. The number of halogens is 1. The maximum absolute atomic E-state index is 12.7. The van der Waals surface area contributed by atoms with Gasteiger partial charge in [-0.05, 0) is 35.4 Å². The molecule has 0 aliphatic heterocycles. The highest BCUT2D eigenvalue weighted by Crippen LogP contribution is 2.21. The monoisotopic (exact) mass is 251 g/mol. The molecule has 0 unspecified atom stereocenters. The van der Waals surface area contributed by atoms with Crippen molar-refractivity contribution in [1.82, 2.24) is 0 Å². The van der Waals surface area contributed by atoms with Crippen LogP contribution >= 0.6 is 0 Å². The van der Waals surface area contributed by atoms with E-state index < -0.39 is 10.0 Å². The van der Waals surface area contributed by atoms with Gasteiger partial charge in [0.05, 0.1) is 4.90 Å². The predicted octanol–water partition coefficient (Wildman–Crippen LogP) is 2.14. The fourth-order valence-corrected chi connectivity index (χ4v) is 1.99. The van der Waals surface area contributed by atoms with Gasteiger partial charge in [-0.2, -0.15) is 0 Å². The molecular formula is C12H10FNO2S. The molecule has 2 aromatic carbocycles. The van der Waals surface area contributed by atoms with E-state index in [0.29, 0.717) is 0 Å². The molecule has 2 rings (SSSR count). The molecule has 0 radical (unpaired) electrons. The van der Waals surface area contributed by atoms with Crippen molar-refractivity contribution < 1.29 is 12.8 Å². The van der Waals surface area contributed by atoms with E-state index in [9.17, 15) is 12.8 Å². The Kier molecular flexibility index (Phi) is 2.95. The fraction of sp³-hybridized carbons (Fsp3) is 0. The summed E-state index contributed by atoms with van der Waals surface area (Å²) in [5.41, 5.74) is 1.62. The highest BCUT2D eigenvalue weighted by Gasteiger charge is 2.07. The third-order valence-corrected chi connectivity index (χ3v) is 3.29. The van der Waals surface area contributed by atoms with Crippen molar-refractivity contribution in [2.45, 2.75) is 4.90 Å². The van der Waals surface area contributed by atoms with Crippen LogP contribution in [0.1, 0.15) is 0 Å². The lowest BCUT2D eigenvalue weighted by atomic mass is 10.1. The van der Waals surface area contributed by atoms with Crippen LogP contribution in [0, 0.1) is 5.82 Å². The molecule has 0 spiro atoms. The van der Waals surface area contributed by atoms with Gasteiger partial charge in [0.25, 0.3) is 0 Å². The molecule has 0 aliphatic rings. The SMILES string of the molecule is NS(=O)(=O)c1ccc(-c2ccc(F)cc2)cc1. The van der Waals surface area contributed by atoms with Crippen LogP contribution in [0.2, 0.25) is 0 Å². The second kappa shape index (κ2) is 4.27. The van der Waals surface area contributed by atoms with Gasteiger partial charge in [0.15, 0.2) is 0 Å². The van der Waals surface area contributed by atoms with Gasteiger partial charge in [-0.1, -0.05) is 24.3 Å². The average Bonchev–Trinajstić information content (AvgIpc) is 2.29. The number of benzene rings is 2. The maximum atomic E-state index is 12.7. The minimum atomic E-state index is -3.67. The molecular weight excluding hydrogens is 241 g/mol. The van der Waals surface area contributed by atoms with Gasteiger partial charge < -0.3 is 0 Å². The zero-order valence-corrected chi connectivity index (χ0v) is 9.62. The van der Waals surface area contributed by atoms with Crippen LogP contribution in [0.25, 0.3) is 11.1 Å². The molecule has 0 aliphatic carbocycles. The lowest BCUT2D eigenvalue weighted by Gasteiger charge is -2.03. The summed E-state index contributed by atoms with van der Waals surface area (Å²) in [6, 6.07) is 12.1. The summed E-state index contributed by atoms with van der Waals surface area (Å²) in [5.74, 6) is -0.310. The molecule has 88 valence electrons. The van der Waals surface area contributed by atoms with E-state index in [0.717, 1.165) is 11.1 Å². The van der Waals surface area contributed by atoms with E-state index in [1.54, 1.807) is 24.3 Å².